The van der Waals surface area contributed by atoms with E-state index in [-0.39, 0.29) is 5.01 Å². The molecule has 0 atom stereocenters. The number of anilines is 1. The summed E-state index contributed by atoms with van der Waals surface area (Å²) in [7, 11) is 0. The molecule has 0 aliphatic rings. The number of hydrogen-bond donors (Lipinski definition) is 2. The van der Waals surface area contributed by atoms with Gasteiger partial charge in [-0.25, -0.2) is 9.78 Å². The molecule has 0 bridgehead atoms. The number of benzene rings is 1. The van der Waals surface area contributed by atoms with Crippen LogP contribution >= 0.6 is 11.3 Å². The maximum Gasteiger partial charge on any atom is 0.471 e. The number of carboxylic acid groups (broad SMARTS) is 1. The second-order valence-electron chi connectivity index (χ2n) is 3.82. The van der Waals surface area contributed by atoms with E-state index in [0.717, 1.165) is 0 Å². The van der Waals surface area contributed by atoms with Gasteiger partial charge in [-0.1, -0.05) is 41.7 Å². The molecular weight excluding hydrogens is 309 g/mol. The number of aromatic nitrogens is 1. The third kappa shape index (κ3) is 3.37. The summed E-state index contributed by atoms with van der Waals surface area (Å²) in [6, 6.07) is 8.32. The monoisotopic (exact) mass is 316 g/mol. The molecule has 0 spiro atoms. The largest absolute Gasteiger partial charge is 0.476 e. The maximum atomic E-state index is 12.2. The molecule has 1 amide bonds. The van der Waals surface area contributed by atoms with Crippen LogP contribution in [-0.2, 0) is 4.79 Å². The Morgan fingerprint density at radius 2 is 1.81 bits per heavy atom. The Morgan fingerprint density at radius 3 is 2.33 bits per heavy atom. The standard InChI is InChI=1S/C12H7F3N2O3S/c13-12(14,15)11(20)17-9-7(10(18)19)16-8(21-9)6-4-2-1-3-5-6/h1-5H,(H,17,20)(H,18,19). The molecule has 0 unspecified atom stereocenters. The molecule has 21 heavy (non-hydrogen) atoms. The number of thiazole rings is 1. The lowest BCUT2D eigenvalue weighted by molar-refractivity contribution is -0.167. The van der Waals surface area contributed by atoms with Crippen LogP contribution in [0.15, 0.2) is 30.3 Å². The summed E-state index contributed by atoms with van der Waals surface area (Å²) < 4.78 is 36.7. The molecular formula is C12H7F3N2O3S. The Hall–Kier alpha value is -2.42. The van der Waals surface area contributed by atoms with Crippen molar-refractivity contribution in [1.29, 1.82) is 0 Å². The van der Waals surface area contributed by atoms with Crippen LogP contribution in [0.1, 0.15) is 10.5 Å². The van der Waals surface area contributed by atoms with Crippen molar-refractivity contribution >= 4 is 28.2 Å². The van der Waals surface area contributed by atoms with Gasteiger partial charge in [0.15, 0.2) is 5.69 Å². The number of nitrogens with zero attached hydrogens (tertiary/aromatic N) is 1. The molecule has 5 nitrogen and oxygen atoms in total. The first-order valence-corrected chi connectivity index (χ1v) is 6.28. The van der Waals surface area contributed by atoms with Crippen LogP contribution in [0.25, 0.3) is 10.6 Å². The number of alkyl halides is 3. The van der Waals surface area contributed by atoms with Crippen LogP contribution in [0, 0.1) is 0 Å². The summed E-state index contributed by atoms with van der Waals surface area (Å²) in [5, 5.41) is 10.2. The van der Waals surface area contributed by atoms with Gasteiger partial charge in [-0.05, 0) is 0 Å². The van der Waals surface area contributed by atoms with Crippen LogP contribution in [0.4, 0.5) is 18.2 Å². The van der Waals surface area contributed by atoms with E-state index in [0.29, 0.717) is 16.9 Å². The summed E-state index contributed by atoms with van der Waals surface area (Å²) in [6.45, 7) is 0. The zero-order chi connectivity index (χ0) is 15.6. The second-order valence-corrected chi connectivity index (χ2v) is 4.82. The third-order valence-corrected chi connectivity index (χ3v) is 3.35. The quantitative estimate of drug-likeness (QED) is 0.912. The van der Waals surface area contributed by atoms with Crippen molar-refractivity contribution in [2.75, 3.05) is 5.32 Å². The lowest BCUT2D eigenvalue weighted by atomic mass is 10.2. The number of aromatic carboxylic acids is 1. The molecule has 0 aliphatic heterocycles. The fraction of sp³-hybridized carbons (Fsp3) is 0.0833. The molecule has 110 valence electrons. The van der Waals surface area contributed by atoms with E-state index in [9.17, 15) is 22.8 Å². The number of rotatable bonds is 3. The Kier molecular flexibility index (Phi) is 3.94. The fourth-order valence-electron chi connectivity index (χ4n) is 1.43. The van der Waals surface area contributed by atoms with Crippen molar-refractivity contribution in [3.8, 4) is 10.6 Å². The molecule has 1 aromatic carbocycles. The van der Waals surface area contributed by atoms with Crippen molar-refractivity contribution in [2.24, 2.45) is 0 Å². The number of amides is 1. The number of carboxylic acids is 1. The predicted octanol–water partition coefficient (Wildman–Crippen LogP) is 3.01. The summed E-state index contributed by atoms with van der Waals surface area (Å²) in [5.41, 5.74) is -0.0889. The third-order valence-electron chi connectivity index (χ3n) is 2.34. The zero-order valence-electron chi connectivity index (χ0n) is 10.1. The van der Waals surface area contributed by atoms with Gasteiger partial charge < -0.3 is 10.4 Å². The first kappa shape index (κ1) is 15.0. The van der Waals surface area contributed by atoms with Crippen LogP contribution in [0.5, 0.6) is 0 Å². The molecule has 0 saturated carbocycles. The summed E-state index contributed by atoms with van der Waals surface area (Å²) >= 11 is 0.661. The molecule has 1 heterocycles. The molecule has 0 radical (unpaired) electrons. The van der Waals surface area contributed by atoms with E-state index in [2.05, 4.69) is 4.98 Å². The Bertz CT molecular complexity index is 683. The van der Waals surface area contributed by atoms with E-state index in [4.69, 9.17) is 5.11 Å². The molecule has 1 aromatic heterocycles. The highest BCUT2D eigenvalue weighted by molar-refractivity contribution is 7.19. The van der Waals surface area contributed by atoms with Crippen LogP contribution in [-0.4, -0.2) is 28.1 Å². The first-order chi connectivity index (χ1) is 9.79. The molecule has 0 fully saturated rings. The highest BCUT2D eigenvalue weighted by atomic mass is 32.1. The number of halogens is 3. The minimum Gasteiger partial charge on any atom is -0.476 e. The number of nitrogens with one attached hydrogen (secondary N) is 1. The SMILES string of the molecule is O=C(O)c1nc(-c2ccccc2)sc1NC(=O)C(F)(F)F. The van der Waals surface area contributed by atoms with Gasteiger partial charge in [-0.15, -0.1) is 0 Å². The van der Waals surface area contributed by atoms with Crippen molar-refractivity contribution < 1.29 is 27.9 Å². The van der Waals surface area contributed by atoms with E-state index in [1.165, 1.54) is 5.32 Å². The minimum atomic E-state index is -5.10. The Morgan fingerprint density at radius 1 is 1.19 bits per heavy atom. The topological polar surface area (TPSA) is 79.3 Å². The van der Waals surface area contributed by atoms with Gasteiger partial charge in [-0.3, -0.25) is 4.79 Å². The van der Waals surface area contributed by atoms with Gasteiger partial charge in [0.05, 0.1) is 0 Å². The summed E-state index contributed by atoms with van der Waals surface area (Å²) in [4.78, 5) is 25.7. The molecule has 0 saturated heterocycles. The van der Waals surface area contributed by atoms with E-state index in [1.807, 2.05) is 0 Å². The second kappa shape index (κ2) is 5.52. The first-order valence-electron chi connectivity index (χ1n) is 5.46. The normalized spacial score (nSPS) is 11.2. The predicted molar refractivity (Wildman–Crippen MR) is 69.2 cm³/mol. The van der Waals surface area contributed by atoms with Gasteiger partial charge in [-0.2, -0.15) is 13.2 Å². The van der Waals surface area contributed by atoms with Crippen molar-refractivity contribution in [1.82, 2.24) is 4.98 Å². The van der Waals surface area contributed by atoms with Crippen molar-refractivity contribution in [3.05, 3.63) is 36.0 Å². The smallest absolute Gasteiger partial charge is 0.471 e. The number of hydrogen-bond acceptors (Lipinski definition) is 4. The molecule has 2 N–H and O–H groups in total. The van der Waals surface area contributed by atoms with Gasteiger partial charge in [0.1, 0.15) is 10.0 Å². The molecule has 0 aliphatic carbocycles. The fourth-order valence-corrected chi connectivity index (χ4v) is 2.39. The van der Waals surface area contributed by atoms with E-state index >= 15 is 0 Å². The average Bonchev–Trinajstić information content (AvgIpc) is 2.83. The maximum absolute atomic E-state index is 12.2. The lowest BCUT2D eigenvalue weighted by Gasteiger charge is -2.05. The van der Waals surface area contributed by atoms with Crippen LogP contribution in [0.3, 0.4) is 0 Å². The number of carbonyl (C=O) groups is 2. The van der Waals surface area contributed by atoms with Gasteiger partial charge >= 0.3 is 18.1 Å². The summed E-state index contributed by atoms with van der Waals surface area (Å²) in [6.07, 6.45) is -5.10. The average molecular weight is 316 g/mol. The summed E-state index contributed by atoms with van der Waals surface area (Å²) in [5.74, 6) is -3.76. The van der Waals surface area contributed by atoms with Gasteiger partial charge in [0.2, 0.25) is 0 Å². The van der Waals surface area contributed by atoms with E-state index in [1.54, 1.807) is 30.3 Å². The van der Waals surface area contributed by atoms with Crippen molar-refractivity contribution in [3.63, 3.8) is 0 Å². The molecule has 9 heteroatoms. The highest BCUT2D eigenvalue weighted by Gasteiger charge is 2.39. The van der Waals surface area contributed by atoms with E-state index < -0.39 is 28.7 Å². The van der Waals surface area contributed by atoms with Crippen LogP contribution in [0.2, 0.25) is 0 Å². The zero-order valence-corrected chi connectivity index (χ0v) is 11.0. The van der Waals surface area contributed by atoms with Crippen molar-refractivity contribution in [2.45, 2.75) is 6.18 Å². The lowest BCUT2D eigenvalue weighted by Crippen LogP contribution is -2.30. The number of carbonyl (C=O) groups excluding carboxylic acids is 1. The minimum absolute atomic E-state index is 0.200. The van der Waals surface area contributed by atoms with Crippen LogP contribution < -0.4 is 5.32 Å². The Balaban J connectivity index is 2.39. The molecule has 2 rings (SSSR count). The molecule has 2 aromatic rings. The van der Waals surface area contributed by atoms with Gasteiger partial charge in [0, 0.05) is 5.56 Å². The van der Waals surface area contributed by atoms with Gasteiger partial charge in [0.25, 0.3) is 0 Å². The highest BCUT2D eigenvalue weighted by Crippen LogP contribution is 2.33. The Labute approximate surface area is 120 Å².